The van der Waals surface area contributed by atoms with Crippen LogP contribution in [0.15, 0.2) is 64.2 Å². The van der Waals surface area contributed by atoms with Crippen molar-refractivity contribution in [2.24, 2.45) is 0 Å². The van der Waals surface area contributed by atoms with Gasteiger partial charge in [-0.3, -0.25) is 14.4 Å². The first kappa shape index (κ1) is 18.1. The van der Waals surface area contributed by atoms with Crippen molar-refractivity contribution in [1.29, 1.82) is 0 Å². The molecule has 0 spiro atoms. The molecule has 0 unspecified atom stereocenters. The molecular formula is C19H17N3O5. The molecule has 8 heteroatoms. The molecule has 0 radical (unpaired) electrons. The zero-order chi connectivity index (χ0) is 19.4. The van der Waals surface area contributed by atoms with E-state index in [0.29, 0.717) is 11.1 Å². The van der Waals surface area contributed by atoms with Crippen LogP contribution in [0.1, 0.15) is 11.6 Å². The Morgan fingerprint density at radius 1 is 1.07 bits per heavy atom. The number of benzene rings is 2. The zero-order valence-corrected chi connectivity index (χ0v) is 14.5. The summed E-state index contributed by atoms with van der Waals surface area (Å²) in [5.41, 5.74) is -0.509. The lowest BCUT2D eigenvalue weighted by Gasteiger charge is -2.19. The van der Waals surface area contributed by atoms with E-state index in [-0.39, 0.29) is 11.9 Å². The number of nitrogens with zero attached hydrogens (tertiary/aromatic N) is 1. The average molecular weight is 367 g/mol. The third-order valence-corrected chi connectivity index (χ3v) is 4.09. The van der Waals surface area contributed by atoms with E-state index in [4.69, 9.17) is 0 Å². The minimum Gasteiger partial charge on any atom is -0.468 e. The van der Waals surface area contributed by atoms with Gasteiger partial charge >= 0.3 is 11.7 Å². The van der Waals surface area contributed by atoms with Gasteiger partial charge in [0.2, 0.25) is 5.91 Å². The molecule has 138 valence electrons. The van der Waals surface area contributed by atoms with Gasteiger partial charge in [-0.15, -0.1) is 0 Å². The fourth-order valence-corrected chi connectivity index (χ4v) is 2.79. The summed E-state index contributed by atoms with van der Waals surface area (Å²) in [4.78, 5) is 52.3. The number of nitrogens with one attached hydrogen (secondary N) is 2. The molecule has 0 aliphatic rings. The number of hydrogen-bond donors (Lipinski definition) is 2. The van der Waals surface area contributed by atoms with Crippen LogP contribution < -0.4 is 16.6 Å². The van der Waals surface area contributed by atoms with Crippen LogP contribution in [0.3, 0.4) is 0 Å². The van der Waals surface area contributed by atoms with Crippen LogP contribution in [-0.2, 0) is 14.3 Å². The third kappa shape index (κ3) is 3.64. The molecular weight excluding hydrogens is 350 g/mol. The van der Waals surface area contributed by atoms with Crippen molar-refractivity contribution in [3.8, 4) is 0 Å². The number of carbonyl (C=O) groups excluding carboxylic acids is 2. The molecule has 0 fully saturated rings. The molecule has 1 heterocycles. The molecule has 0 saturated carbocycles. The lowest BCUT2D eigenvalue weighted by molar-refractivity contribution is -0.141. The number of amides is 1. The molecule has 27 heavy (non-hydrogen) atoms. The second-order valence-corrected chi connectivity index (χ2v) is 5.76. The Labute approximate surface area is 153 Å². The third-order valence-electron chi connectivity index (χ3n) is 4.09. The van der Waals surface area contributed by atoms with Crippen molar-refractivity contribution in [3.63, 3.8) is 0 Å². The van der Waals surface area contributed by atoms with Crippen molar-refractivity contribution in [2.45, 2.75) is 6.04 Å². The summed E-state index contributed by atoms with van der Waals surface area (Å²) in [6.45, 7) is -0.376. The van der Waals surface area contributed by atoms with E-state index < -0.39 is 29.2 Å². The quantitative estimate of drug-likeness (QED) is 0.641. The smallest absolute Gasteiger partial charge is 0.329 e. The zero-order valence-electron chi connectivity index (χ0n) is 14.5. The highest BCUT2D eigenvalue weighted by Gasteiger charge is 2.27. The first-order valence-electron chi connectivity index (χ1n) is 8.16. The van der Waals surface area contributed by atoms with E-state index in [1.165, 1.54) is 7.11 Å². The summed E-state index contributed by atoms with van der Waals surface area (Å²) in [5.74, 6) is -1.32. The van der Waals surface area contributed by atoms with Gasteiger partial charge in [-0.05, 0) is 17.7 Å². The van der Waals surface area contributed by atoms with Gasteiger partial charge in [0.15, 0.2) is 0 Å². The predicted octanol–water partition coefficient (Wildman–Crippen LogP) is 0.568. The average Bonchev–Trinajstić information content (AvgIpc) is 2.69. The van der Waals surface area contributed by atoms with Crippen molar-refractivity contribution >= 4 is 22.8 Å². The number of aromatic amines is 1. The molecule has 2 aromatic carbocycles. The second-order valence-electron chi connectivity index (χ2n) is 5.76. The Bertz CT molecular complexity index is 1100. The number of esters is 1. The maximum Gasteiger partial charge on any atom is 0.329 e. The van der Waals surface area contributed by atoms with Gasteiger partial charge in [0.05, 0.1) is 18.0 Å². The summed E-state index contributed by atoms with van der Waals surface area (Å²) in [7, 11) is 1.20. The van der Waals surface area contributed by atoms with Crippen LogP contribution in [0.2, 0.25) is 0 Å². The first-order valence-corrected chi connectivity index (χ1v) is 8.16. The number of hydrogen-bond acceptors (Lipinski definition) is 5. The van der Waals surface area contributed by atoms with Crippen LogP contribution in [0, 0.1) is 0 Å². The lowest BCUT2D eigenvalue weighted by Crippen LogP contribution is -2.46. The molecule has 8 nitrogen and oxygen atoms in total. The minimum absolute atomic E-state index is 0.277. The fourth-order valence-electron chi connectivity index (χ4n) is 2.79. The SMILES string of the molecule is COC(=O)CNC(=O)[C@H](c1ccccc1)n1c(=O)[nH]c2ccccc2c1=O. The van der Waals surface area contributed by atoms with E-state index in [1.807, 2.05) is 0 Å². The molecule has 0 bridgehead atoms. The Morgan fingerprint density at radius 2 is 1.74 bits per heavy atom. The van der Waals surface area contributed by atoms with Crippen molar-refractivity contribution in [2.75, 3.05) is 13.7 Å². The molecule has 0 aliphatic heterocycles. The molecule has 3 aromatic rings. The molecule has 2 N–H and O–H groups in total. The Kier molecular flexibility index (Phi) is 5.16. The van der Waals surface area contributed by atoms with Crippen molar-refractivity contribution < 1.29 is 14.3 Å². The van der Waals surface area contributed by atoms with Gasteiger partial charge in [0, 0.05) is 0 Å². The second kappa shape index (κ2) is 7.69. The number of aromatic nitrogens is 2. The van der Waals surface area contributed by atoms with Crippen LogP contribution in [0.4, 0.5) is 0 Å². The van der Waals surface area contributed by atoms with Crippen molar-refractivity contribution in [3.05, 3.63) is 81.0 Å². The molecule has 0 saturated heterocycles. The van der Waals surface area contributed by atoms with Gasteiger partial charge in [-0.1, -0.05) is 42.5 Å². The number of H-pyrrole nitrogens is 1. The number of para-hydroxylation sites is 1. The number of carbonyl (C=O) groups is 2. The highest BCUT2D eigenvalue weighted by atomic mass is 16.5. The highest BCUT2D eigenvalue weighted by molar-refractivity contribution is 5.87. The number of rotatable bonds is 5. The van der Waals surface area contributed by atoms with E-state index in [9.17, 15) is 19.2 Å². The summed E-state index contributed by atoms with van der Waals surface area (Å²) >= 11 is 0. The first-order chi connectivity index (χ1) is 13.0. The summed E-state index contributed by atoms with van der Waals surface area (Å²) in [6, 6.07) is 13.7. The van der Waals surface area contributed by atoms with E-state index in [0.717, 1.165) is 4.57 Å². The fraction of sp³-hybridized carbons (Fsp3) is 0.158. The highest BCUT2D eigenvalue weighted by Crippen LogP contribution is 2.16. The maximum atomic E-state index is 12.9. The van der Waals surface area contributed by atoms with Gasteiger partial charge in [-0.2, -0.15) is 0 Å². The standard InChI is InChI=1S/C19H17N3O5/c1-27-15(23)11-20-17(24)16(12-7-3-2-4-8-12)22-18(25)13-9-5-6-10-14(13)21-19(22)26/h2-10,16H,11H2,1H3,(H,20,24)(H,21,26)/t16-/m0/s1. The largest absolute Gasteiger partial charge is 0.468 e. The van der Waals surface area contributed by atoms with Gasteiger partial charge in [0.25, 0.3) is 5.56 Å². The van der Waals surface area contributed by atoms with Crippen LogP contribution in [0.5, 0.6) is 0 Å². The van der Waals surface area contributed by atoms with Gasteiger partial charge < -0.3 is 15.0 Å². The Morgan fingerprint density at radius 3 is 2.44 bits per heavy atom. The van der Waals surface area contributed by atoms with E-state index in [2.05, 4.69) is 15.0 Å². The topological polar surface area (TPSA) is 110 Å². The maximum absolute atomic E-state index is 12.9. The normalized spacial score (nSPS) is 11.7. The molecule has 1 atom stereocenters. The number of methoxy groups -OCH3 is 1. The predicted molar refractivity (Wildman–Crippen MR) is 98.4 cm³/mol. The van der Waals surface area contributed by atoms with Crippen LogP contribution >= 0.6 is 0 Å². The van der Waals surface area contributed by atoms with Gasteiger partial charge in [0.1, 0.15) is 12.6 Å². The summed E-state index contributed by atoms with van der Waals surface area (Å²) in [6.07, 6.45) is 0. The van der Waals surface area contributed by atoms with Crippen LogP contribution in [-0.4, -0.2) is 35.1 Å². The van der Waals surface area contributed by atoms with Gasteiger partial charge in [-0.25, -0.2) is 9.36 Å². The minimum atomic E-state index is -1.24. The number of fused-ring (bicyclic) bond motifs is 1. The Balaban J connectivity index is 2.15. The van der Waals surface area contributed by atoms with E-state index in [1.54, 1.807) is 54.6 Å². The monoisotopic (exact) mass is 367 g/mol. The lowest BCUT2D eigenvalue weighted by atomic mass is 10.1. The molecule has 0 aliphatic carbocycles. The molecule has 3 rings (SSSR count). The van der Waals surface area contributed by atoms with Crippen molar-refractivity contribution in [1.82, 2.24) is 14.9 Å². The van der Waals surface area contributed by atoms with Crippen LogP contribution in [0.25, 0.3) is 10.9 Å². The van der Waals surface area contributed by atoms with E-state index >= 15 is 0 Å². The number of ether oxygens (including phenoxy) is 1. The molecule has 1 amide bonds. The summed E-state index contributed by atoms with van der Waals surface area (Å²) in [5, 5.41) is 2.68. The Hall–Kier alpha value is -3.68. The summed E-state index contributed by atoms with van der Waals surface area (Å²) < 4.78 is 5.36. The molecule has 1 aromatic heterocycles.